The zero-order valence-corrected chi connectivity index (χ0v) is 13.3. The molecular formula is C16H19N3OS. The first-order valence-corrected chi connectivity index (χ1v) is 7.58. The zero-order chi connectivity index (χ0) is 15.4. The molecule has 0 fully saturated rings. The highest BCUT2D eigenvalue weighted by Crippen LogP contribution is 2.30. The highest BCUT2D eigenvalue weighted by Gasteiger charge is 2.11. The van der Waals surface area contributed by atoms with Crippen LogP contribution in [0.4, 0.5) is 9.93 Å². The predicted molar refractivity (Wildman–Crippen MR) is 89.0 cm³/mol. The van der Waals surface area contributed by atoms with Gasteiger partial charge in [-0.1, -0.05) is 23.8 Å². The van der Waals surface area contributed by atoms with Crippen LogP contribution >= 0.6 is 11.3 Å². The van der Waals surface area contributed by atoms with Gasteiger partial charge in [0, 0.05) is 17.5 Å². The van der Waals surface area contributed by atoms with Gasteiger partial charge in [-0.15, -0.1) is 17.9 Å². The number of anilines is 1. The lowest BCUT2D eigenvalue weighted by Crippen LogP contribution is -2.28. The third-order valence-electron chi connectivity index (χ3n) is 3.06. The van der Waals surface area contributed by atoms with E-state index in [2.05, 4.69) is 55.1 Å². The second-order valence-electron chi connectivity index (χ2n) is 4.94. The molecule has 5 heteroatoms. The number of urea groups is 1. The van der Waals surface area contributed by atoms with Gasteiger partial charge in [0.25, 0.3) is 0 Å². The highest BCUT2D eigenvalue weighted by molar-refractivity contribution is 7.14. The second-order valence-corrected chi connectivity index (χ2v) is 5.79. The number of aromatic nitrogens is 1. The number of hydrogen-bond acceptors (Lipinski definition) is 3. The van der Waals surface area contributed by atoms with Crippen LogP contribution in [0.5, 0.6) is 0 Å². The molecule has 0 aliphatic heterocycles. The molecule has 1 aromatic heterocycles. The van der Waals surface area contributed by atoms with E-state index >= 15 is 0 Å². The molecule has 1 heterocycles. The molecule has 0 saturated heterocycles. The van der Waals surface area contributed by atoms with E-state index in [1.807, 2.05) is 5.38 Å². The van der Waals surface area contributed by atoms with Gasteiger partial charge in [-0.25, -0.2) is 9.78 Å². The number of carbonyl (C=O) groups excluding carboxylic acids is 1. The summed E-state index contributed by atoms with van der Waals surface area (Å²) in [5.41, 5.74) is 5.66. The Kier molecular flexibility index (Phi) is 4.75. The molecule has 1 aromatic carbocycles. The Morgan fingerprint density at radius 2 is 2.00 bits per heavy atom. The molecule has 0 bridgehead atoms. The van der Waals surface area contributed by atoms with Crippen molar-refractivity contribution in [2.75, 3.05) is 11.9 Å². The minimum absolute atomic E-state index is 0.270. The number of amides is 2. The number of carbonyl (C=O) groups is 1. The molecule has 4 nitrogen and oxygen atoms in total. The topological polar surface area (TPSA) is 54.0 Å². The van der Waals surface area contributed by atoms with Gasteiger partial charge in [0.15, 0.2) is 5.13 Å². The Balaban J connectivity index is 2.20. The fourth-order valence-corrected chi connectivity index (χ4v) is 3.03. The quantitative estimate of drug-likeness (QED) is 0.837. The Morgan fingerprint density at radius 3 is 2.62 bits per heavy atom. The number of nitrogens with zero attached hydrogens (tertiary/aromatic N) is 1. The molecule has 0 spiro atoms. The van der Waals surface area contributed by atoms with Gasteiger partial charge in [0.2, 0.25) is 0 Å². The number of rotatable bonds is 4. The minimum atomic E-state index is -0.270. The Hall–Kier alpha value is -2.14. The van der Waals surface area contributed by atoms with Crippen molar-refractivity contribution in [2.45, 2.75) is 20.8 Å². The summed E-state index contributed by atoms with van der Waals surface area (Å²) in [4.78, 5) is 16.1. The van der Waals surface area contributed by atoms with Crippen LogP contribution in [-0.2, 0) is 0 Å². The summed E-state index contributed by atoms with van der Waals surface area (Å²) in [6, 6.07) is 4.02. The molecule has 21 heavy (non-hydrogen) atoms. The first-order chi connectivity index (χ1) is 10.0. The van der Waals surface area contributed by atoms with Crippen molar-refractivity contribution >= 4 is 22.5 Å². The van der Waals surface area contributed by atoms with Crippen LogP contribution in [0.25, 0.3) is 11.3 Å². The van der Waals surface area contributed by atoms with E-state index in [0.717, 1.165) is 11.3 Å². The molecule has 0 atom stereocenters. The van der Waals surface area contributed by atoms with Gasteiger partial charge < -0.3 is 5.32 Å². The van der Waals surface area contributed by atoms with Gasteiger partial charge in [-0.05, 0) is 31.9 Å². The number of aryl methyl sites for hydroxylation is 3. The van der Waals surface area contributed by atoms with Crippen molar-refractivity contribution in [2.24, 2.45) is 0 Å². The van der Waals surface area contributed by atoms with Crippen LogP contribution in [0, 0.1) is 20.8 Å². The van der Waals surface area contributed by atoms with E-state index in [1.54, 1.807) is 6.08 Å². The maximum absolute atomic E-state index is 11.6. The molecule has 2 rings (SSSR count). The Labute approximate surface area is 128 Å². The monoisotopic (exact) mass is 301 g/mol. The van der Waals surface area contributed by atoms with Crippen LogP contribution in [0.15, 0.2) is 30.2 Å². The lowest BCUT2D eigenvalue weighted by molar-refractivity contribution is 0.253. The first kappa shape index (κ1) is 15.3. The van der Waals surface area contributed by atoms with Crippen LogP contribution in [0.2, 0.25) is 0 Å². The summed E-state index contributed by atoms with van der Waals surface area (Å²) in [6.45, 7) is 10.2. The van der Waals surface area contributed by atoms with E-state index in [-0.39, 0.29) is 6.03 Å². The molecular weight excluding hydrogens is 282 g/mol. The van der Waals surface area contributed by atoms with Crippen molar-refractivity contribution in [3.8, 4) is 11.3 Å². The van der Waals surface area contributed by atoms with Gasteiger partial charge in [-0.3, -0.25) is 5.32 Å². The van der Waals surface area contributed by atoms with Gasteiger partial charge in [0.05, 0.1) is 5.69 Å². The van der Waals surface area contributed by atoms with Crippen LogP contribution < -0.4 is 10.6 Å². The van der Waals surface area contributed by atoms with E-state index in [0.29, 0.717) is 11.7 Å². The smallest absolute Gasteiger partial charge is 0.321 e. The number of thiazole rings is 1. The molecule has 2 N–H and O–H groups in total. The van der Waals surface area contributed by atoms with Crippen LogP contribution in [-0.4, -0.2) is 17.6 Å². The van der Waals surface area contributed by atoms with Gasteiger partial charge in [0.1, 0.15) is 0 Å². The van der Waals surface area contributed by atoms with Crippen LogP contribution in [0.1, 0.15) is 16.7 Å². The normalized spacial score (nSPS) is 10.2. The van der Waals surface area contributed by atoms with Gasteiger partial charge >= 0.3 is 6.03 Å². The number of nitrogens with one attached hydrogen (secondary N) is 2. The van der Waals surface area contributed by atoms with E-state index in [4.69, 9.17) is 0 Å². The van der Waals surface area contributed by atoms with E-state index in [1.165, 1.54) is 28.0 Å². The molecule has 2 amide bonds. The Bertz CT molecular complexity index is 653. The van der Waals surface area contributed by atoms with Crippen molar-refractivity contribution in [3.63, 3.8) is 0 Å². The van der Waals surface area contributed by atoms with Crippen molar-refractivity contribution < 1.29 is 4.79 Å². The summed E-state index contributed by atoms with van der Waals surface area (Å²) in [6.07, 6.45) is 1.63. The third kappa shape index (κ3) is 3.70. The molecule has 110 valence electrons. The molecule has 0 aliphatic rings. The van der Waals surface area contributed by atoms with E-state index in [9.17, 15) is 4.79 Å². The second kappa shape index (κ2) is 6.54. The Morgan fingerprint density at radius 1 is 1.33 bits per heavy atom. The zero-order valence-electron chi connectivity index (χ0n) is 12.5. The number of hydrogen-bond donors (Lipinski definition) is 2. The lowest BCUT2D eigenvalue weighted by atomic mass is 9.98. The SMILES string of the molecule is C=CCNC(=O)Nc1nc(-c2c(C)cc(C)cc2C)cs1. The highest BCUT2D eigenvalue weighted by atomic mass is 32.1. The van der Waals surface area contributed by atoms with E-state index < -0.39 is 0 Å². The molecule has 2 aromatic rings. The minimum Gasteiger partial charge on any atom is -0.334 e. The average Bonchev–Trinajstić information content (AvgIpc) is 2.83. The van der Waals surface area contributed by atoms with Crippen molar-refractivity contribution in [3.05, 3.63) is 46.9 Å². The molecule has 0 aliphatic carbocycles. The van der Waals surface area contributed by atoms with Crippen LogP contribution in [0.3, 0.4) is 0 Å². The summed E-state index contributed by atoms with van der Waals surface area (Å²) in [5.74, 6) is 0. The summed E-state index contributed by atoms with van der Waals surface area (Å²) >= 11 is 1.42. The summed E-state index contributed by atoms with van der Waals surface area (Å²) in [7, 11) is 0. The maximum atomic E-state index is 11.6. The largest absolute Gasteiger partial charge is 0.334 e. The third-order valence-corrected chi connectivity index (χ3v) is 3.82. The van der Waals surface area contributed by atoms with Crippen molar-refractivity contribution in [1.82, 2.24) is 10.3 Å². The standard InChI is InChI=1S/C16H19N3OS/c1-5-6-17-15(20)19-16-18-13(9-21-16)14-11(3)7-10(2)8-12(14)4/h5,7-9H,1,6H2,2-4H3,(H2,17,18,19,20). The van der Waals surface area contributed by atoms with Crippen molar-refractivity contribution in [1.29, 1.82) is 0 Å². The fraction of sp³-hybridized carbons (Fsp3) is 0.250. The maximum Gasteiger partial charge on any atom is 0.321 e. The predicted octanol–water partition coefficient (Wildman–Crippen LogP) is 4.04. The molecule has 0 radical (unpaired) electrons. The van der Waals surface area contributed by atoms with Gasteiger partial charge in [-0.2, -0.15) is 0 Å². The average molecular weight is 301 g/mol. The number of benzene rings is 1. The first-order valence-electron chi connectivity index (χ1n) is 6.70. The molecule has 0 saturated carbocycles. The lowest BCUT2D eigenvalue weighted by Gasteiger charge is -2.08. The fourth-order valence-electron chi connectivity index (χ4n) is 2.34. The summed E-state index contributed by atoms with van der Waals surface area (Å²) in [5, 5.41) is 7.94. The summed E-state index contributed by atoms with van der Waals surface area (Å²) < 4.78 is 0. The molecule has 0 unspecified atom stereocenters.